The van der Waals surface area contributed by atoms with Crippen LogP contribution in [0.25, 0.3) is 0 Å². The van der Waals surface area contributed by atoms with Crippen molar-refractivity contribution in [2.45, 2.75) is 6.92 Å². The topological polar surface area (TPSA) is 58.6 Å². The van der Waals surface area contributed by atoms with Gasteiger partial charge < -0.3 is 9.84 Å². The fourth-order valence-electron chi connectivity index (χ4n) is 0.926. The van der Waals surface area contributed by atoms with Crippen LogP contribution in [0.15, 0.2) is 36.4 Å². The molecule has 80 valence electrons. The lowest BCUT2D eigenvalue weighted by Gasteiger charge is -2.06. The van der Waals surface area contributed by atoms with Crippen molar-refractivity contribution < 1.29 is 14.6 Å². The van der Waals surface area contributed by atoms with Crippen molar-refractivity contribution in [1.82, 2.24) is 0 Å². The number of amides is 1. The van der Waals surface area contributed by atoms with Gasteiger partial charge in [-0.25, -0.2) is 4.79 Å². The number of carbonyl (C=O) groups excluding carboxylic acids is 1. The van der Waals surface area contributed by atoms with Gasteiger partial charge in [0.15, 0.2) is 0 Å². The van der Waals surface area contributed by atoms with E-state index >= 15 is 0 Å². The van der Waals surface area contributed by atoms with E-state index in [4.69, 9.17) is 9.84 Å². The van der Waals surface area contributed by atoms with Crippen LogP contribution in [0.2, 0.25) is 0 Å². The predicted molar refractivity (Wildman–Crippen MR) is 57.9 cm³/mol. The number of anilines is 1. The average Bonchev–Trinajstić information content (AvgIpc) is 2.15. The second kappa shape index (κ2) is 5.05. The Bertz CT molecular complexity index is 374. The maximum absolute atomic E-state index is 11.2. The molecule has 0 fully saturated rings. The van der Waals surface area contributed by atoms with Crippen molar-refractivity contribution in [3.63, 3.8) is 0 Å². The standard InChI is InChI=1S/C11H13NO3/c1-8(2)7-15-11(14)12-9-4-3-5-10(13)6-9/h3-6,13H,1,7H2,2H3,(H,12,14). The van der Waals surface area contributed by atoms with Crippen LogP contribution in [0, 0.1) is 0 Å². The summed E-state index contributed by atoms with van der Waals surface area (Å²) in [6, 6.07) is 6.23. The van der Waals surface area contributed by atoms with Gasteiger partial charge in [0.25, 0.3) is 0 Å². The molecule has 0 aliphatic carbocycles. The Morgan fingerprint density at radius 2 is 2.33 bits per heavy atom. The molecule has 0 aromatic heterocycles. The van der Waals surface area contributed by atoms with Crippen LogP contribution in [-0.4, -0.2) is 17.8 Å². The normalized spacial score (nSPS) is 9.40. The summed E-state index contributed by atoms with van der Waals surface area (Å²) in [5.74, 6) is 0.0905. The Morgan fingerprint density at radius 1 is 1.60 bits per heavy atom. The first-order valence-electron chi connectivity index (χ1n) is 4.45. The molecule has 0 bridgehead atoms. The lowest BCUT2D eigenvalue weighted by molar-refractivity contribution is 0.171. The summed E-state index contributed by atoms with van der Waals surface area (Å²) < 4.78 is 4.82. The smallest absolute Gasteiger partial charge is 0.411 e. The summed E-state index contributed by atoms with van der Waals surface area (Å²) in [6.07, 6.45) is -0.566. The van der Waals surface area contributed by atoms with E-state index in [1.807, 2.05) is 0 Å². The van der Waals surface area contributed by atoms with E-state index in [-0.39, 0.29) is 12.4 Å². The quantitative estimate of drug-likeness (QED) is 0.749. The van der Waals surface area contributed by atoms with E-state index in [0.717, 1.165) is 5.57 Å². The number of ether oxygens (including phenoxy) is 1. The molecular formula is C11H13NO3. The minimum Gasteiger partial charge on any atom is -0.508 e. The first-order chi connectivity index (χ1) is 7.08. The number of hydrogen-bond acceptors (Lipinski definition) is 3. The van der Waals surface area contributed by atoms with Crippen LogP contribution in [0.4, 0.5) is 10.5 Å². The number of phenolic OH excluding ortho intramolecular Hbond substituents is 1. The molecule has 15 heavy (non-hydrogen) atoms. The van der Waals surface area contributed by atoms with Crippen molar-refractivity contribution >= 4 is 11.8 Å². The third kappa shape index (κ3) is 4.17. The second-order valence-corrected chi connectivity index (χ2v) is 3.21. The Kier molecular flexibility index (Phi) is 3.74. The van der Waals surface area contributed by atoms with Crippen molar-refractivity contribution in [1.29, 1.82) is 0 Å². The Labute approximate surface area is 88.2 Å². The molecule has 1 aromatic rings. The molecule has 0 saturated heterocycles. The lowest BCUT2D eigenvalue weighted by Crippen LogP contribution is -2.14. The average molecular weight is 207 g/mol. The Hall–Kier alpha value is -1.97. The number of phenols is 1. The third-order valence-corrected chi connectivity index (χ3v) is 1.54. The van der Waals surface area contributed by atoms with Gasteiger partial charge in [-0.15, -0.1) is 0 Å². The summed E-state index contributed by atoms with van der Waals surface area (Å²) in [5, 5.41) is 11.6. The highest BCUT2D eigenvalue weighted by molar-refractivity contribution is 5.84. The Balaban J connectivity index is 2.48. The monoisotopic (exact) mass is 207 g/mol. The highest BCUT2D eigenvalue weighted by Gasteiger charge is 2.02. The number of aromatic hydroxyl groups is 1. The molecule has 0 spiro atoms. The van der Waals surface area contributed by atoms with E-state index < -0.39 is 6.09 Å². The molecule has 4 heteroatoms. The molecule has 0 radical (unpaired) electrons. The summed E-state index contributed by atoms with van der Waals surface area (Å²) >= 11 is 0. The minimum absolute atomic E-state index is 0.0905. The molecule has 0 atom stereocenters. The molecule has 0 aliphatic heterocycles. The molecule has 1 rings (SSSR count). The second-order valence-electron chi connectivity index (χ2n) is 3.21. The van der Waals surface area contributed by atoms with Crippen LogP contribution < -0.4 is 5.32 Å². The molecular weight excluding hydrogens is 194 g/mol. The van der Waals surface area contributed by atoms with Crippen LogP contribution in [-0.2, 0) is 4.74 Å². The summed E-state index contributed by atoms with van der Waals surface area (Å²) in [4.78, 5) is 11.2. The largest absolute Gasteiger partial charge is 0.508 e. The van der Waals surface area contributed by atoms with Gasteiger partial charge in [-0.3, -0.25) is 5.32 Å². The molecule has 0 aliphatic rings. The highest BCUT2D eigenvalue weighted by Crippen LogP contribution is 2.15. The molecule has 0 saturated carbocycles. The van der Waals surface area contributed by atoms with Crippen LogP contribution in [0.5, 0.6) is 5.75 Å². The van der Waals surface area contributed by atoms with Crippen molar-refractivity contribution in [2.75, 3.05) is 11.9 Å². The van der Waals surface area contributed by atoms with Crippen LogP contribution in [0.1, 0.15) is 6.92 Å². The molecule has 2 N–H and O–H groups in total. The third-order valence-electron chi connectivity index (χ3n) is 1.54. The van der Waals surface area contributed by atoms with Gasteiger partial charge in [0, 0.05) is 11.8 Å². The number of benzene rings is 1. The number of rotatable bonds is 3. The van der Waals surface area contributed by atoms with Gasteiger partial charge >= 0.3 is 6.09 Å². The zero-order valence-electron chi connectivity index (χ0n) is 8.49. The molecule has 1 aromatic carbocycles. The maximum Gasteiger partial charge on any atom is 0.411 e. The number of hydrogen-bond donors (Lipinski definition) is 2. The number of carbonyl (C=O) groups is 1. The van der Waals surface area contributed by atoms with Gasteiger partial charge in [-0.05, 0) is 24.6 Å². The van der Waals surface area contributed by atoms with Gasteiger partial charge in [-0.2, -0.15) is 0 Å². The molecule has 4 nitrogen and oxygen atoms in total. The fourth-order valence-corrected chi connectivity index (χ4v) is 0.926. The first kappa shape index (κ1) is 11.1. The lowest BCUT2D eigenvalue weighted by atomic mass is 10.3. The van der Waals surface area contributed by atoms with Crippen molar-refractivity contribution in [2.24, 2.45) is 0 Å². The zero-order chi connectivity index (χ0) is 11.3. The Morgan fingerprint density at radius 3 is 2.93 bits per heavy atom. The van der Waals surface area contributed by atoms with Crippen molar-refractivity contribution in [3.8, 4) is 5.75 Å². The first-order valence-corrected chi connectivity index (χ1v) is 4.45. The van der Waals surface area contributed by atoms with Gasteiger partial charge in [0.1, 0.15) is 12.4 Å². The fraction of sp³-hybridized carbons (Fsp3) is 0.182. The van der Waals surface area contributed by atoms with Crippen molar-refractivity contribution in [3.05, 3.63) is 36.4 Å². The van der Waals surface area contributed by atoms with E-state index in [1.54, 1.807) is 19.1 Å². The zero-order valence-corrected chi connectivity index (χ0v) is 8.49. The van der Waals surface area contributed by atoms with Gasteiger partial charge in [0.2, 0.25) is 0 Å². The van der Waals surface area contributed by atoms with Gasteiger partial charge in [0.05, 0.1) is 0 Å². The molecule has 0 unspecified atom stereocenters. The van der Waals surface area contributed by atoms with Crippen LogP contribution in [0.3, 0.4) is 0 Å². The highest BCUT2D eigenvalue weighted by atomic mass is 16.5. The van der Waals surface area contributed by atoms with Crippen LogP contribution >= 0.6 is 0 Å². The predicted octanol–water partition coefficient (Wildman–Crippen LogP) is 2.52. The maximum atomic E-state index is 11.2. The summed E-state index contributed by atoms with van der Waals surface area (Å²) in [6.45, 7) is 5.55. The summed E-state index contributed by atoms with van der Waals surface area (Å²) in [7, 11) is 0. The van der Waals surface area contributed by atoms with E-state index in [0.29, 0.717) is 5.69 Å². The van der Waals surface area contributed by atoms with Gasteiger partial charge in [-0.1, -0.05) is 12.6 Å². The van der Waals surface area contributed by atoms with E-state index in [1.165, 1.54) is 12.1 Å². The number of nitrogens with one attached hydrogen (secondary N) is 1. The summed E-state index contributed by atoms with van der Waals surface area (Å²) in [5.41, 5.74) is 1.25. The van der Waals surface area contributed by atoms with E-state index in [9.17, 15) is 4.79 Å². The molecule has 0 heterocycles. The molecule has 1 amide bonds. The van der Waals surface area contributed by atoms with E-state index in [2.05, 4.69) is 11.9 Å². The SMILES string of the molecule is C=C(C)COC(=O)Nc1cccc(O)c1. The minimum atomic E-state index is -0.566.